The van der Waals surface area contributed by atoms with E-state index in [-0.39, 0.29) is 6.42 Å². The van der Waals surface area contributed by atoms with Gasteiger partial charge in [-0.3, -0.25) is 0 Å². The van der Waals surface area contributed by atoms with Crippen LogP contribution in [0, 0.1) is 12.3 Å². The van der Waals surface area contributed by atoms with E-state index in [2.05, 4.69) is 5.92 Å². The van der Waals surface area contributed by atoms with Crippen molar-refractivity contribution >= 4 is 0 Å². The number of nitrogens with two attached hydrogens (primary N) is 1. The van der Waals surface area contributed by atoms with Crippen LogP contribution >= 0.6 is 0 Å². The highest BCUT2D eigenvalue weighted by atomic mass is 19.4. The minimum absolute atomic E-state index is 0.288. The van der Waals surface area contributed by atoms with Crippen molar-refractivity contribution in [3.05, 3.63) is 35.4 Å². The first-order chi connectivity index (χ1) is 6.95. The lowest BCUT2D eigenvalue weighted by atomic mass is 10.0. The van der Waals surface area contributed by atoms with Gasteiger partial charge in [0.1, 0.15) is 6.04 Å². The quantitative estimate of drug-likeness (QED) is 0.748. The van der Waals surface area contributed by atoms with E-state index in [0.717, 1.165) is 0 Å². The maximum Gasteiger partial charge on any atom is 0.403 e. The number of alkyl halides is 3. The van der Waals surface area contributed by atoms with Crippen molar-refractivity contribution in [2.45, 2.75) is 18.6 Å². The summed E-state index contributed by atoms with van der Waals surface area (Å²) >= 11 is 0. The molecule has 0 saturated carbocycles. The van der Waals surface area contributed by atoms with Gasteiger partial charge in [-0.15, -0.1) is 6.42 Å². The van der Waals surface area contributed by atoms with Crippen molar-refractivity contribution < 1.29 is 13.2 Å². The topological polar surface area (TPSA) is 26.0 Å². The first-order valence-corrected chi connectivity index (χ1v) is 4.32. The second-order valence-electron chi connectivity index (χ2n) is 3.15. The number of rotatable bonds is 2. The third-order valence-electron chi connectivity index (χ3n) is 2.03. The zero-order valence-corrected chi connectivity index (χ0v) is 7.88. The van der Waals surface area contributed by atoms with Gasteiger partial charge in [-0.2, -0.15) is 13.2 Å². The normalized spacial score (nSPS) is 13.3. The number of hydrogen-bond acceptors (Lipinski definition) is 1. The third-order valence-corrected chi connectivity index (χ3v) is 2.03. The molecule has 80 valence electrons. The number of benzene rings is 1. The van der Waals surface area contributed by atoms with Crippen LogP contribution in [-0.2, 0) is 6.42 Å². The van der Waals surface area contributed by atoms with Crippen molar-refractivity contribution in [2.24, 2.45) is 5.73 Å². The minimum atomic E-state index is -4.39. The van der Waals surface area contributed by atoms with Crippen molar-refractivity contribution in [3.63, 3.8) is 0 Å². The van der Waals surface area contributed by atoms with Crippen molar-refractivity contribution in [1.82, 2.24) is 0 Å². The summed E-state index contributed by atoms with van der Waals surface area (Å²) in [6, 6.07) is 4.60. The molecule has 0 amide bonds. The van der Waals surface area contributed by atoms with E-state index in [9.17, 15) is 13.2 Å². The summed E-state index contributed by atoms with van der Waals surface area (Å²) < 4.78 is 36.6. The van der Waals surface area contributed by atoms with Gasteiger partial charge in [-0.1, -0.05) is 24.1 Å². The molecule has 0 fully saturated rings. The summed E-state index contributed by atoms with van der Waals surface area (Å²) in [4.78, 5) is 0. The first kappa shape index (κ1) is 11.6. The molecule has 0 aliphatic rings. The monoisotopic (exact) mass is 213 g/mol. The van der Waals surface area contributed by atoms with Crippen LogP contribution < -0.4 is 5.73 Å². The molecule has 0 aromatic heterocycles. The van der Waals surface area contributed by atoms with Crippen LogP contribution in [0.4, 0.5) is 13.2 Å². The molecule has 0 heterocycles. The lowest BCUT2D eigenvalue weighted by molar-refractivity contribution is -0.147. The fourth-order valence-electron chi connectivity index (χ4n) is 1.19. The molecule has 0 aliphatic carbocycles. The smallest absolute Gasteiger partial charge is 0.320 e. The standard InChI is InChI=1S/C11H10F3N/c1-2-8-5-3-4-6-9(8)7-10(15)11(12,13)14/h1,3-6,10H,7,15H2. The van der Waals surface area contributed by atoms with E-state index in [4.69, 9.17) is 12.2 Å². The van der Waals surface area contributed by atoms with Crippen LogP contribution in [0.15, 0.2) is 24.3 Å². The Bertz CT molecular complexity index is 376. The van der Waals surface area contributed by atoms with Gasteiger partial charge in [0.15, 0.2) is 0 Å². The molecule has 1 nitrogen and oxygen atoms in total. The molecule has 1 unspecified atom stereocenters. The van der Waals surface area contributed by atoms with Crippen LogP contribution in [0.1, 0.15) is 11.1 Å². The highest BCUT2D eigenvalue weighted by Gasteiger charge is 2.36. The summed E-state index contributed by atoms with van der Waals surface area (Å²) in [6.07, 6.45) is 0.488. The van der Waals surface area contributed by atoms with E-state index in [0.29, 0.717) is 11.1 Å². The van der Waals surface area contributed by atoms with Gasteiger partial charge in [-0.25, -0.2) is 0 Å². The molecule has 1 aromatic rings. The lowest BCUT2D eigenvalue weighted by Crippen LogP contribution is -2.39. The number of terminal acetylenes is 1. The highest BCUT2D eigenvalue weighted by molar-refractivity contribution is 5.40. The fourth-order valence-corrected chi connectivity index (χ4v) is 1.19. The van der Waals surface area contributed by atoms with Crippen molar-refractivity contribution in [1.29, 1.82) is 0 Å². The summed E-state index contributed by atoms with van der Waals surface area (Å²) in [5.74, 6) is 2.33. The molecular formula is C11H10F3N. The Labute approximate surface area is 86.1 Å². The van der Waals surface area contributed by atoms with Gasteiger partial charge in [0, 0.05) is 5.56 Å². The Morgan fingerprint density at radius 3 is 2.47 bits per heavy atom. The van der Waals surface area contributed by atoms with Crippen molar-refractivity contribution in [3.8, 4) is 12.3 Å². The molecule has 1 atom stereocenters. The maximum atomic E-state index is 12.2. The molecule has 0 spiro atoms. The molecule has 0 aliphatic heterocycles. The van der Waals surface area contributed by atoms with Crippen LogP contribution in [0.2, 0.25) is 0 Å². The first-order valence-electron chi connectivity index (χ1n) is 4.32. The summed E-state index contributed by atoms with van der Waals surface area (Å²) in [5, 5.41) is 0. The van der Waals surface area contributed by atoms with Gasteiger partial charge >= 0.3 is 6.18 Å². The van der Waals surface area contributed by atoms with Gasteiger partial charge in [-0.05, 0) is 18.1 Å². The van der Waals surface area contributed by atoms with Gasteiger partial charge in [0.05, 0.1) is 0 Å². The molecule has 1 aromatic carbocycles. The Kier molecular flexibility index (Phi) is 3.38. The zero-order chi connectivity index (χ0) is 11.5. The van der Waals surface area contributed by atoms with Gasteiger partial charge < -0.3 is 5.73 Å². The van der Waals surface area contributed by atoms with Crippen LogP contribution in [0.3, 0.4) is 0 Å². The average Bonchev–Trinajstić information content (AvgIpc) is 2.17. The van der Waals surface area contributed by atoms with Crippen LogP contribution in [-0.4, -0.2) is 12.2 Å². The van der Waals surface area contributed by atoms with Crippen LogP contribution in [0.5, 0.6) is 0 Å². The SMILES string of the molecule is C#Cc1ccccc1CC(N)C(F)(F)F. The molecule has 15 heavy (non-hydrogen) atoms. The maximum absolute atomic E-state index is 12.2. The molecule has 0 saturated heterocycles. The summed E-state index contributed by atoms with van der Waals surface area (Å²) in [5.41, 5.74) is 5.92. The molecule has 4 heteroatoms. The Morgan fingerprint density at radius 1 is 1.33 bits per heavy atom. The predicted molar refractivity (Wildman–Crippen MR) is 52.1 cm³/mol. The predicted octanol–water partition coefficient (Wildman–Crippen LogP) is 2.10. The van der Waals surface area contributed by atoms with E-state index in [1.165, 1.54) is 0 Å². The van der Waals surface area contributed by atoms with Gasteiger partial charge in [0.2, 0.25) is 0 Å². The van der Waals surface area contributed by atoms with E-state index in [1.54, 1.807) is 24.3 Å². The van der Waals surface area contributed by atoms with Gasteiger partial charge in [0.25, 0.3) is 0 Å². The number of halogens is 3. The minimum Gasteiger partial charge on any atom is -0.320 e. The van der Waals surface area contributed by atoms with E-state index >= 15 is 0 Å². The fraction of sp³-hybridized carbons (Fsp3) is 0.273. The largest absolute Gasteiger partial charge is 0.403 e. The summed E-state index contributed by atoms with van der Waals surface area (Å²) in [6.45, 7) is 0. The molecule has 2 N–H and O–H groups in total. The third kappa shape index (κ3) is 3.00. The number of hydrogen-bond donors (Lipinski definition) is 1. The zero-order valence-electron chi connectivity index (χ0n) is 7.88. The molecular weight excluding hydrogens is 203 g/mol. The van der Waals surface area contributed by atoms with E-state index in [1.807, 2.05) is 0 Å². The Hall–Kier alpha value is -1.47. The Balaban J connectivity index is 2.86. The highest BCUT2D eigenvalue weighted by Crippen LogP contribution is 2.22. The second-order valence-corrected chi connectivity index (χ2v) is 3.15. The van der Waals surface area contributed by atoms with Crippen molar-refractivity contribution in [2.75, 3.05) is 0 Å². The molecule has 0 bridgehead atoms. The lowest BCUT2D eigenvalue weighted by Gasteiger charge is -2.16. The van der Waals surface area contributed by atoms with E-state index < -0.39 is 12.2 Å². The van der Waals surface area contributed by atoms with Crippen LogP contribution in [0.25, 0.3) is 0 Å². The Morgan fingerprint density at radius 2 is 1.93 bits per heavy atom. The second kappa shape index (κ2) is 4.37. The summed E-state index contributed by atoms with van der Waals surface area (Å²) in [7, 11) is 0. The average molecular weight is 213 g/mol. The molecule has 0 radical (unpaired) electrons. The molecule has 1 rings (SSSR count).